The largest absolute Gasteiger partial charge is 0.302 e. The van der Waals surface area contributed by atoms with Gasteiger partial charge in [-0.3, -0.25) is 4.79 Å². The lowest BCUT2D eigenvalue weighted by molar-refractivity contribution is 0.0925. The number of rotatable bonds is 5. The van der Waals surface area contributed by atoms with Crippen molar-refractivity contribution in [3.05, 3.63) is 71.8 Å². The van der Waals surface area contributed by atoms with Gasteiger partial charge in [-0.15, -0.1) is 0 Å². The van der Waals surface area contributed by atoms with Crippen LogP contribution < -0.4 is 0 Å². The van der Waals surface area contributed by atoms with E-state index in [0.717, 1.165) is 30.8 Å². The molecule has 0 saturated carbocycles. The molecule has 1 saturated heterocycles. The van der Waals surface area contributed by atoms with Crippen molar-refractivity contribution in [2.24, 2.45) is 0 Å². The number of piperidine rings is 1. The fraction of sp³-hybridized carbons (Fsp3) is 0.350. The van der Waals surface area contributed by atoms with Crippen LogP contribution in [0, 0.1) is 0 Å². The highest BCUT2D eigenvalue weighted by Crippen LogP contribution is 2.24. The van der Waals surface area contributed by atoms with Gasteiger partial charge >= 0.3 is 0 Å². The van der Waals surface area contributed by atoms with Gasteiger partial charge in [-0.25, -0.2) is 0 Å². The summed E-state index contributed by atoms with van der Waals surface area (Å²) in [7, 11) is 0. The fourth-order valence-corrected chi connectivity index (χ4v) is 3.23. The first-order valence-corrected chi connectivity index (χ1v) is 8.21. The third-order valence-corrected chi connectivity index (χ3v) is 4.47. The number of hydrogen-bond acceptors (Lipinski definition) is 2. The summed E-state index contributed by atoms with van der Waals surface area (Å²) in [6.07, 6.45) is 3.82. The molecule has 0 radical (unpaired) electrons. The monoisotopic (exact) mass is 293 g/mol. The molecule has 0 N–H and O–H groups in total. The predicted molar refractivity (Wildman–Crippen MR) is 90.2 cm³/mol. The summed E-state index contributed by atoms with van der Waals surface area (Å²) in [5.74, 6) is 0.166. The van der Waals surface area contributed by atoms with Crippen molar-refractivity contribution in [1.29, 1.82) is 0 Å². The first-order chi connectivity index (χ1) is 10.8. The van der Waals surface area contributed by atoms with Crippen LogP contribution >= 0.6 is 0 Å². The normalized spacial score (nSPS) is 17.1. The van der Waals surface area contributed by atoms with Crippen LogP contribution in [0.5, 0.6) is 0 Å². The van der Waals surface area contributed by atoms with Gasteiger partial charge < -0.3 is 4.90 Å². The average Bonchev–Trinajstić information content (AvgIpc) is 2.61. The SMILES string of the molecule is O=C(c1ccccc1)[C@H](CN1CCCCC1)c1ccccc1. The summed E-state index contributed by atoms with van der Waals surface area (Å²) in [5.41, 5.74) is 1.94. The quantitative estimate of drug-likeness (QED) is 0.772. The topological polar surface area (TPSA) is 20.3 Å². The Morgan fingerprint density at radius 3 is 2.09 bits per heavy atom. The molecule has 0 aromatic heterocycles. The van der Waals surface area contributed by atoms with Crippen LogP contribution in [0.25, 0.3) is 0 Å². The van der Waals surface area contributed by atoms with E-state index in [2.05, 4.69) is 17.0 Å². The van der Waals surface area contributed by atoms with Gasteiger partial charge in [0.15, 0.2) is 5.78 Å². The van der Waals surface area contributed by atoms with Crippen LogP contribution in [0.15, 0.2) is 60.7 Å². The van der Waals surface area contributed by atoms with Gasteiger partial charge in [-0.05, 0) is 31.5 Å². The van der Waals surface area contributed by atoms with Gasteiger partial charge in [-0.1, -0.05) is 67.1 Å². The molecule has 0 bridgehead atoms. The Balaban J connectivity index is 1.84. The number of Topliss-reactive ketones (excluding diaryl/α,β-unsaturated/α-hetero) is 1. The highest BCUT2D eigenvalue weighted by Gasteiger charge is 2.25. The van der Waals surface area contributed by atoms with E-state index in [1.54, 1.807) is 0 Å². The molecule has 2 nitrogen and oxygen atoms in total. The molecule has 1 aliphatic heterocycles. The van der Waals surface area contributed by atoms with Crippen molar-refractivity contribution in [2.75, 3.05) is 19.6 Å². The van der Waals surface area contributed by atoms with Crippen LogP contribution in [0.4, 0.5) is 0 Å². The molecule has 1 heterocycles. The second-order valence-electron chi connectivity index (χ2n) is 6.05. The minimum Gasteiger partial charge on any atom is -0.302 e. The maximum absolute atomic E-state index is 13.0. The van der Waals surface area contributed by atoms with Crippen LogP contribution in [0.3, 0.4) is 0 Å². The number of carbonyl (C=O) groups excluding carboxylic acids is 1. The third-order valence-electron chi connectivity index (χ3n) is 4.47. The zero-order valence-corrected chi connectivity index (χ0v) is 12.9. The van der Waals surface area contributed by atoms with E-state index >= 15 is 0 Å². The Kier molecular flexibility index (Phi) is 5.02. The smallest absolute Gasteiger partial charge is 0.171 e. The van der Waals surface area contributed by atoms with Gasteiger partial charge in [0.2, 0.25) is 0 Å². The van der Waals surface area contributed by atoms with E-state index in [4.69, 9.17) is 0 Å². The lowest BCUT2D eigenvalue weighted by atomic mass is 9.89. The maximum atomic E-state index is 13.0. The zero-order valence-electron chi connectivity index (χ0n) is 12.9. The van der Waals surface area contributed by atoms with Crippen molar-refractivity contribution < 1.29 is 4.79 Å². The van der Waals surface area contributed by atoms with Crippen LogP contribution in [0.1, 0.15) is 41.1 Å². The minimum atomic E-state index is -0.0679. The Bertz CT molecular complexity index is 588. The molecule has 0 amide bonds. The molecule has 114 valence electrons. The number of benzene rings is 2. The first kappa shape index (κ1) is 15.0. The van der Waals surface area contributed by atoms with E-state index in [-0.39, 0.29) is 11.7 Å². The van der Waals surface area contributed by atoms with Crippen molar-refractivity contribution in [3.8, 4) is 0 Å². The molecular formula is C20H23NO. The number of likely N-dealkylation sites (tertiary alicyclic amines) is 1. The van der Waals surface area contributed by atoms with E-state index in [1.807, 2.05) is 48.5 Å². The summed E-state index contributed by atoms with van der Waals surface area (Å²) in [6.45, 7) is 3.06. The number of hydrogen-bond donors (Lipinski definition) is 0. The molecule has 2 aromatic rings. The predicted octanol–water partition coefficient (Wildman–Crippen LogP) is 4.14. The van der Waals surface area contributed by atoms with Crippen molar-refractivity contribution in [3.63, 3.8) is 0 Å². The lowest BCUT2D eigenvalue weighted by Crippen LogP contribution is -2.35. The Morgan fingerprint density at radius 2 is 1.45 bits per heavy atom. The number of ketones is 1. The highest BCUT2D eigenvalue weighted by atomic mass is 16.1. The molecule has 3 rings (SSSR count). The Labute approximate surface area is 132 Å². The van der Waals surface area contributed by atoms with Crippen molar-refractivity contribution in [2.45, 2.75) is 25.2 Å². The molecule has 22 heavy (non-hydrogen) atoms. The van der Waals surface area contributed by atoms with Crippen LogP contribution in [-0.4, -0.2) is 30.3 Å². The summed E-state index contributed by atoms with van der Waals surface area (Å²) in [6, 6.07) is 19.9. The summed E-state index contributed by atoms with van der Waals surface area (Å²) < 4.78 is 0. The second kappa shape index (κ2) is 7.37. The summed E-state index contributed by atoms with van der Waals surface area (Å²) in [5, 5.41) is 0. The molecular weight excluding hydrogens is 270 g/mol. The van der Waals surface area contributed by atoms with E-state index in [1.165, 1.54) is 19.3 Å². The van der Waals surface area contributed by atoms with Crippen LogP contribution in [0.2, 0.25) is 0 Å². The molecule has 2 heteroatoms. The summed E-state index contributed by atoms with van der Waals surface area (Å²) in [4.78, 5) is 15.4. The summed E-state index contributed by atoms with van der Waals surface area (Å²) >= 11 is 0. The second-order valence-corrected chi connectivity index (χ2v) is 6.05. The van der Waals surface area contributed by atoms with E-state index < -0.39 is 0 Å². The first-order valence-electron chi connectivity index (χ1n) is 8.21. The van der Waals surface area contributed by atoms with Crippen molar-refractivity contribution in [1.82, 2.24) is 4.90 Å². The molecule has 0 unspecified atom stereocenters. The molecule has 1 aliphatic rings. The molecule has 0 aliphatic carbocycles. The average molecular weight is 293 g/mol. The van der Waals surface area contributed by atoms with Gasteiger partial charge in [0, 0.05) is 12.1 Å². The highest BCUT2D eigenvalue weighted by molar-refractivity contribution is 6.01. The minimum absolute atomic E-state index is 0.0679. The zero-order chi connectivity index (χ0) is 15.2. The van der Waals surface area contributed by atoms with Crippen molar-refractivity contribution >= 4 is 5.78 Å². The molecule has 1 fully saturated rings. The molecule has 1 atom stereocenters. The third kappa shape index (κ3) is 3.63. The van der Waals surface area contributed by atoms with Gasteiger partial charge in [-0.2, -0.15) is 0 Å². The number of nitrogens with zero attached hydrogens (tertiary/aromatic N) is 1. The van der Waals surface area contributed by atoms with E-state index in [0.29, 0.717) is 0 Å². The number of carbonyl (C=O) groups is 1. The molecule has 0 spiro atoms. The molecule has 2 aromatic carbocycles. The fourth-order valence-electron chi connectivity index (χ4n) is 3.23. The lowest BCUT2D eigenvalue weighted by Gasteiger charge is -2.30. The standard InChI is InChI=1S/C20H23NO/c22-20(18-12-6-2-7-13-18)19(17-10-4-1-5-11-17)16-21-14-8-3-9-15-21/h1-2,4-7,10-13,19H,3,8-9,14-16H2/t19-/m1/s1. The maximum Gasteiger partial charge on any atom is 0.171 e. The van der Waals surface area contributed by atoms with Crippen LogP contribution in [-0.2, 0) is 0 Å². The van der Waals surface area contributed by atoms with Gasteiger partial charge in [0.1, 0.15) is 0 Å². The van der Waals surface area contributed by atoms with E-state index in [9.17, 15) is 4.79 Å². The van der Waals surface area contributed by atoms with Gasteiger partial charge in [0.25, 0.3) is 0 Å². The van der Waals surface area contributed by atoms with Gasteiger partial charge in [0.05, 0.1) is 5.92 Å². The Morgan fingerprint density at radius 1 is 0.864 bits per heavy atom. The Hall–Kier alpha value is -1.93.